The van der Waals surface area contributed by atoms with Gasteiger partial charge in [0.25, 0.3) is 0 Å². The zero-order valence-electron chi connectivity index (χ0n) is 19.5. The van der Waals surface area contributed by atoms with E-state index in [9.17, 15) is 26.4 Å². The van der Waals surface area contributed by atoms with Crippen molar-refractivity contribution >= 4 is 16.1 Å². The Kier molecular flexibility index (Phi) is 5.38. The molecule has 2 aromatic rings. The Balaban J connectivity index is 0.935. The van der Waals surface area contributed by atoms with E-state index in [1.165, 1.54) is 12.8 Å². The van der Waals surface area contributed by atoms with Crippen molar-refractivity contribution in [3.8, 4) is 0 Å². The van der Waals surface area contributed by atoms with E-state index in [-0.39, 0.29) is 23.9 Å². The first-order valence-electron chi connectivity index (χ1n) is 12.1. The largest absolute Gasteiger partial charge is 0.416 e. The molecule has 4 aliphatic rings. The van der Waals surface area contributed by atoms with E-state index in [4.69, 9.17) is 0 Å². The second kappa shape index (κ2) is 8.17. The van der Waals surface area contributed by atoms with Crippen LogP contribution in [0.1, 0.15) is 54.7 Å². The number of hydrogen-bond acceptors (Lipinski definition) is 5. The number of aromatic amines is 1. The van der Waals surface area contributed by atoms with Crippen LogP contribution in [0.15, 0.2) is 29.2 Å². The lowest BCUT2D eigenvalue weighted by molar-refractivity contribution is -0.137. The minimum atomic E-state index is -4.62. The second-order valence-corrected chi connectivity index (χ2v) is 12.5. The van der Waals surface area contributed by atoms with Crippen molar-refractivity contribution in [1.82, 2.24) is 29.7 Å². The van der Waals surface area contributed by atoms with Gasteiger partial charge in [-0.15, -0.1) is 10.2 Å². The Bertz CT molecular complexity index is 1270. The number of alkyl halides is 3. The first-order valence-corrected chi connectivity index (χ1v) is 13.6. The van der Waals surface area contributed by atoms with Crippen molar-refractivity contribution in [1.29, 1.82) is 0 Å². The van der Waals surface area contributed by atoms with Crippen molar-refractivity contribution in [2.75, 3.05) is 32.7 Å². The highest BCUT2D eigenvalue weighted by Gasteiger charge is 2.56. The number of hydrogen-bond donors (Lipinski definition) is 2. The van der Waals surface area contributed by atoms with Gasteiger partial charge in [-0.3, -0.25) is 0 Å². The lowest BCUT2D eigenvalue weighted by atomic mass is 9.57. The number of sulfonamides is 1. The Labute approximate surface area is 206 Å². The van der Waals surface area contributed by atoms with E-state index < -0.39 is 26.7 Å². The molecule has 6 rings (SSSR count). The van der Waals surface area contributed by atoms with Gasteiger partial charge in [-0.1, -0.05) is 6.07 Å². The molecule has 13 heteroatoms. The summed E-state index contributed by atoms with van der Waals surface area (Å²) in [5.74, 6) is 2.81. The third-order valence-corrected chi connectivity index (χ3v) is 9.24. The van der Waals surface area contributed by atoms with Gasteiger partial charge >= 0.3 is 12.2 Å². The Morgan fingerprint density at radius 1 is 1.08 bits per heavy atom. The van der Waals surface area contributed by atoms with Crippen LogP contribution in [0, 0.1) is 11.3 Å². The minimum absolute atomic E-state index is 0.0447. The maximum atomic E-state index is 12.9. The predicted molar refractivity (Wildman–Crippen MR) is 121 cm³/mol. The molecule has 0 bridgehead atoms. The molecule has 1 spiro atoms. The number of halogens is 3. The number of H-pyrrole nitrogens is 1. The third-order valence-electron chi connectivity index (χ3n) is 7.82. The van der Waals surface area contributed by atoms with Crippen LogP contribution < -0.4 is 4.72 Å². The average molecular weight is 525 g/mol. The molecule has 3 heterocycles. The van der Waals surface area contributed by atoms with Gasteiger partial charge < -0.3 is 14.8 Å². The fraction of sp³-hybridized carbons (Fsp3) is 0.609. The van der Waals surface area contributed by atoms with Crippen LogP contribution in [0.5, 0.6) is 0 Å². The summed E-state index contributed by atoms with van der Waals surface area (Å²) in [6.45, 7) is 2.33. The zero-order valence-corrected chi connectivity index (χ0v) is 20.3. The van der Waals surface area contributed by atoms with Gasteiger partial charge in [-0.25, -0.2) is 17.9 Å². The van der Waals surface area contributed by atoms with Gasteiger partial charge in [0.1, 0.15) is 11.6 Å². The minimum Gasteiger partial charge on any atom is -0.328 e. The number of nitrogens with one attached hydrogen (secondary N) is 2. The van der Waals surface area contributed by atoms with Gasteiger partial charge in [0, 0.05) is 55.9 Å². The molecule has 9 nitrogen and oxygen atoms in total. The summed E-state index contributed by atoms with van der Waals surface area (Å²) in [5.41, 5.74) is -0.850. The van der Waals surface area contributed by atoms with E-state index >= 15 is 0 Å². The number of rotatable bonds is 6. The van der Waals surface area contributed by atoms with Gasteiger partial charge in [-0.2, -0.15) is 13.2 Å². The van der Waals surface area contributed by atoms with Crippen molar-refractivity contribution in [3.63, 3.8) is 0 Å². The van der Waals surface area contributed by atoms with Crippen LogP contribution in [0.4, 0.5) is 18.0 Å². The highest BCUT2D eigenvalue weighted by Crippen LogP contribution is 2.56. The summed E-state index contributed by atoms with van der Waals surface area (Å²) in [6, 6.07) is 3.61. The summed E-state index contributed by atoms with van der Waals surface area (Å²) in [4.78, 5) is 19.2. The number of nitrogens with zero attached hydrogens (tertiary/aromatic N) is 4. The molecule has 1 aromatic heterocycles. The van der Waals surface area contributed by atoms with Gasteiger partial charge in [0.2, 0.25) is 10.0 Å². The van der Waals surface area contributed by atoms with Crippen molar-refractivity contribution in [2.45, 2.75) is 48.6 Å². The molecular formula is C23H27F3N6O3S. The fourth-order valence-electron chi connectivity index (χ4n) is 5.55. The summed E-state index contributed by atoms with van der Waals surface area (Å²) < 4.78 is 65.9. The van der Waals surface area contributed by atoms with E-state index in [1.807, 2.05) is 4.90 Å². The molecule has 194 valence electrons. The molecule has 2 aliphatic heterocycles. The highest BCUT2D eigenvalue weighted by molar-refractivity contribution is 7.89. The predicted octanol–water partition coefficient (Wildman–Crippen LogP) is 2.91. The number of benzene rings is 1. The molecule has 2 aliphatic carbocycles. The fourth-order valence-corrected chi connectivity index (χ4v) is 6.72. The maximum Gasteiger partial charge on any atom is 0.416 e. The van der Waals surface area contributed by atoms with Crippen LogP contribution in [0.25, 0.3) is 0 Å². The Hall–Kier alpha value is -2.67. The van der Waals surface area contributed by atoms with E-state index in [0.29, 0.717) is 31.0 Å². The lowest BCUT2D eigenvalue weighted by Crippen LogP contribution is -2.67. The molecule has 1 aromatic carbocycles. The number of aromatic nitrogens is 3. The number of carbonyl (C=O) groups is 1. The molecule has 2 N–H and O–H groups in total. The SMILES string of the molecule is O=C(N1CC(CNS(=O)(=O)c2cccc(C(F)(F)F)c2)C1)N1CC2(CC(c3nnc(C4CC4)[nH]3)C2)C1. The summed E-state index contributed by atoms with van der Waals surface area (Å²) >= 11 is 0. The Morgan fingerprint density at radius 2 is 1.75 bits per heavy atom. The van der Waals surface area contributed by atoms with Gasteiger partial charge in [0.05, 0.1) is 10.5 Å². The lowest BCUT2D eigenvalue weighted by Gasteiger charge is -2.59. The summed E-state index contributed by atoms with van der Waals surface area (Å²) in [6.07, 6.45) is -0.267. The molecule has 0 atom stereocenters. The standard InChI is InChI=1S/C23H27F3N6O3S/c24-23(25,26)17-2-1-3-18(6-17)36(34,35)27-9-14-10-31(11-14)21(33)32-12-22(13-32)7-16(8-22)20-28-19(29-30-20)15-4-5-15/h1-3,6,14-16,27H,4-5,7-13H2,(H,28,29,30). The number of amides is 2. The van der Waals surface area contributed by atoms with Gasteiger partial charge in [-0.05, 0) is 43.9 Å². The molecule has 0 unspecified atom stereocenters. The summed E-state index contributed by atoms with van der Waals surface area (Å²) in [7, 11) is -4.08. The first kappa shape index (κ1) is 23.7. The zero-order chi connectivity index (χ0) is 25.3. The first-order chi connectivity index (χ1) is 17.0. The average Bonchev–Trinajstić information content (AvgIpc) is 3.48. The number of likely N-dealkylation sites (tertiary alicyclic amines) is 2. The van der Waals surface area contributed by atoms with Crippen molar-refractivity contribution in [2.24, 2.45) is 11.3 Å². The molecule has 4 fully saturated rings. The van der Waals surface area contributed by atoms with Crippen LogP contribution in [0.2, 0.25) is 0 Å². The topological polar surface area (TPSA) is 111 Å². The van der Waals surface area contributed by atoms with Crippen LogP contribution in [0.3, 0.4) is 0 Å². The monoisotopic (exact) mass is 524 g/mol. The molecule has 36 heavy (non-hydrogen) atoms. The van der Waals surface area contributed by atoms with E-state index in [1.54, 1.807) is 4.90 Å². The second-order valence-electron chi connectivity index (χ2n) is 10.8. The van der Waals surface area contributed by atoms with Crippen molar-refractivity contribution in [3.05, 3.63) is 41.5 Å². The summed E-state index contributed by atoms with van der Waals surface area (Å²) in [5, 5.41) is 8.57. The molecule has 2 amide bonds. The normalized spacial score (nSPS) is 22.3. The number of carbonyl (C=O) groups excluding carboxylic acids is 1. The van der Waals surface area contributed by atoms with Crippen LogP contribution >= 0.6 is 0 Å². The smallest absolute Gasteiger partial charge is 0.328 e. The maximum absolute atomic E-state index is 12.9. The highest BCUT2D eigenvalue weighted by atomic mass is 32.2. The Morgan fingerprint density at radius 3 is 2.39 bits per heavy atom. The quantitative estimate of drug-likeness (QED) is 0.604. The van der Waals surface area contributed by atoms with E-state index in [2.05, 4.69) is 19.9 Å². The third kappa shape index (κ3) is 4.36. The van der Waals surface area contributed by atoms with Crippen LogP contribution in [-0.4, -0.2) is 72.2 Å². The molecule has 0 radical (unpaired) electrons. The van der Waals surface area contributed by atoms with Crippen LogP contribution in [-0.2, 0) is 16.2 Å². The van der Waals surface area contributed by atoms with Gasteiger partial charge in [0.15, 0.2) is 0 Å². The van der Waals surface area contributed by atoms with Crippen molar-refractivity contribution < 1.29 is 26.4 Å². The molecule has 2 saturated heterocycles. The number of urea groups is 1. The van der Waals surface area contributed by atoms with E-state index in [0.717, 1.165) is 55.8 Å². The molecule has 2 saturated carbocycles. The molecular weight excluding hydrogens is 497 g/mol.